The third-order valence-electron chi connectivity index (χ3n) is 2.70. The van der Waals surface area contributed by atoms with Gasteiger partial charge in [-0.3, -0.25) is 0 Å². The second kappa shape index (κ2) is 12.1. The maximum absolute atomic E-state index is 11.8. The molecule has 1 rings (SSSR count). The Morgan fingerprint density at radius 2 is 1.65 bits per heavy atom. The number of aromatic carboxylic acids is 1. The maximum atomic E-state index is 11.8. The Bertz CT molecular complexity index is 577. The summed E-state index contributed by atoms with van der Waals surface area (Å²) >= 11 is 0. The third-order valence-corrected chi connectivity index (χ3v) is 2.70. The molecular weight excluding hydrogens is 328 g/mol. The minimum atomic E-state index is -1.18. The molecule has 6 nitrogen and oxygen atoms in total. The summed E-state index contributed by atoms with van der Waals surface area (Å²) in [6.45, 7) is 2.09. The number of benzene rings is 1. The van der Waals surface area contributed by atoms with Crippen molar-refractivity contribution in [1.82, 2.24) is 0 Å². The Morgan fingerprint density at radius 3 is 2.22 bits per heavy atom. The van der Waals surface area contributed by atoms with Gasteiger partial charge < -0.3 is 17.4 Å². The van der Waals surface area contributed by atoms with Gasteiger partial charge in [-0.1, -0.05) is 18.2 Å². The van der Waals surface area contributed by atoms with Gasteiger partial charge in [0, 0.05) is 6.08 Å². The molecule has 0 atom stereocenters. The molecule has 0 spiro atoms. The number of unbranched alkanes of at least 4 members (excludes halogenated alkanes) is 1. The standard InChI is InChI=1S/C16H18O6.Ca.2H/c1-2-7-14(17)21-10-5-6-11-22-16(20)13-9-4-3-8-12(13)15(18)19;;;/h2-4,7-9H,5-6,10-11H2,1H3,(H,18,19);;;/q;+2;2*-1. The van der Waals surface area contributed by atoms with Crippen molar-refractivity contribution in [3.63, 3.8) is 0 Å². The first-order valence-electron chi connectivity index (χ1n) is 6.85. The van der Waals surface area contributed by atoms with Gasteiger partial charge in [-0.05, 0) is 31.9 Å². The molecule has 0 aliphatic heterocycles. The summed E-state index contributed by atoms with van der Waals surface area (Å²) in [4.78, 5) is 33.8. The molecule has 7 heteroatoms. The van der Waals surface area contributed by atoms with Gasteiger partial charge in [0.05, 0.1) is 24.3 Å². The molecule has 1 aromatic carbocycles. The first-order valence-corrected chi connectivity index (χ1v) is 6.85. The van der Waals surface area contributed by atoms with Crippen LogP contribution in [0.25, 0.3) is 0 Å². The minimum Gasteiger partial charge on any atom is -1.00 e. The summed E-state index contributed by atoms with van der Waals surface area (Å²) in [6.07, 6.45) is 3.98. The zero-order chi connectivity index (χ0) is 16.4. The van der Waals surface area contributed by atoms with E-state index in [1.54, 1.807) is 25.1 Å². The number of ether oxygens (including phenoxy) is 2. The summed E-state index contributed by atoms with van der Waals surface area (Å²) in [7, 11) is 0. The van der Waals surface area contributed by atoms with E-state index in [1.807, 2.05) is 0 Å². The Balaban J connectivity index is -0.00000161. The van der Waals surface area contributed by atoms with Gasteiger partial charge in [0.25, 0.3) is 0 Å². The van der Waals surface area contributed by atoms with E-state index in [0.717, 1.165) is 0 Å². The molecule has 0 unspecified atom stereocenters. The van der Waals surface area contributed by atoms with Gasteiger partial charge in [-0.15, -0.1) is 0 Å². The van der Waals surface area contributed by atoms with Crippen LogP contribution >= 0.6 is 0 Å². The molecule has 122 valence electrons. The van der Waals surface area contributed by atoms with Gasteiger partial charge in [0.2, 0.25) is 0 Å². The second-order valence-electron chi connectivity index (χ2n) is 4.36. The molecule has 1 aromatic rings. The van der Waals surface area contributed by atoms with Crippen LogP contribution in [0.5, 0.6) is 0 Å². The summed E-state index contributed by atoms with van der Waals surface area (Å²) in [5.41, 5.74) is -0.0673. The van der Waals surface area contributed by atoms with E-state index >= 15 is 0 Å². The first kappa shape index (κ1) is 21.6. The predicted octanol–water partition coefficient (Wildman–Crippen LogP) is 2.29. The third kappa shape index (κ3) is 8.16. The van der Waals surface area contributed by atoms with Crippen molar-refractivity contribution in [3.05, 3.63) is 47.5 Å². The fraction of sp³-hybridized carbons (Fsp3) is 0.312. The smallest absolute Gasteiger partial charge is 1.00 e. The molecule has 0 aliphatic carbocycles. The summed E-state index contributed by atoms with van der Waals surface area (Å²) in [5.74, 6) is -2.26. The fourth-order valence-electron chi connectivity index (χ4n) is 1.65. The van der Waals surface area contributed by atoms with Crippen LogP contribution in [0.2, 0.25) is 0 Å². The molecule has 0 saturated heterocycles. The van der Waals surface area contributed by atoms with Crippen molar-refractivity contribution in [3.8, 4) is 0 Å². The number of allylic oxidation sites excluding steroid dienone is 1. The number of carboxylic acids is 1. The molecule has 0 radical (unpaired) electrons. The van der Waals surface area contributed by atoms with Crippen molar-refractivity contribution in [2.24, 2.45) is 0 Å². The SMILES string of the molecule is CC=CC(=O)OCCCCOC(=O)c1ccccc1C(=O)O.[Ca+2].[H-].[H-]. The van der Waals surface area contributed by atoms with E-state index in [1.165, 1.54) is 18.2 Å². The van der Waals surface area contributed by atoms with E-state index in [4.69, 9.17) is 14.6 Å². The molecule has 23 heavy (non-hydrogen) atoms. The van der Waals surface area contributed by atoms with Gasteiger partial charge in [0.1, 0.15) is 0 Å². The normalized spacial score (nSPS) is 9.96. The zero-order valence-corrected chi connectivity index (χ0v) is 15.2. The fourth-order valence-corrected chi connectivity index (χ4v) is 1.65. The Labute approximate surface area is 167 Å². The number of carboxylic acid groups (broad SMARTS) is 1. The van der Waals surface area contributed by atoms with Crippen LogP contribution in [0.1, 0.15) is 43.3 Å². The summed E-state index contributed by atoms with van der Waals surface area (Å²) in [5, 5.41) is 8.99. The number of hydrogen-bond acceptors (Lipinski definition) is 5. The summed E-state index contributed by atoms with van der Waals surface area (Å²) in [6, 6.07) is 5.87. The van der Waals surface area contributed by atoms with Crippen LogP contribution in [-0.2, 0) is 14.3 Å². The average Bonchev–Trinajstić information content (AvgIpc) is 2.50. The van der Waals surface area contributed by atoms with Crippen molar-refractivity contribution < 1.29 is 31.8 Å². The first-order chi connectivity index (χ1) is 10.6. The quantitative estimate of drug-likeness (QED) is 0.335. The molecule has 1 N–H and O–H groups in total. The van der Waals surface area contributed by atoms with Crippen LogP contribution in [-0.4, -0.2) is 74.0 Å². The predicted molar refractivity (Wildman–Crippen MR) is 86.7 cm³/mol. The van der Waals surface area contributed by atoms with Crippen LogP contribution in [0, 0.1) is 0 Å². The van der Waals surface area contributed by atoms with E-state index in [-0.39, 0.29) is 64.9 Å². The molecular formula is C16H20CaO6. The molecule has 0 aliphatic rings. The van der Waals surface area contributed by atoms with Crippen LogP contribution in [0.15, 0.2) is 36.4 Å². The summed E-state index contributed by atoms with van der Waals surface area (Å²) < 4.78 is 9.90. The molecule has 0 aromatic heterocycles. The second-order valence-corrected chi connectivity index (χ2v) is 4.36. The topological polar surface area (TPSA) is 89.9 Å². The largest absolute Gasteiger partial charge is 2.00 e. The Kier molecular flexibility index (Phi) is 11.4. The molecule has 0 amide bonds. The van der Waals surface area contributed by atoms with E-state index < -0.39 is 17.9 Å². The van der Waals surface area contributed by atoms with Gasteiger partial charge in [-0.25, -0.2) is 14.4 Å². The molecule has 0 bridgehead atoms. The minimum absolute atomic E-state index is 0. The molecule has 0 saturated carbocycles. The van der Waals surface area contributed by atoms with Crippen LogP contribution in [0.3, 0.4) is 0 Å². The van der Waals surface area contributed by atoms with Crippen molar-refractivity contribution in [2.75, 3.05) is 13.2 Å². The van der Waals surface area contributed by atoms with Crippen LogP contribution in [0.4, 0.5) is 0 Å². The number of carbonyl (C=O) groups is 3. The van der Waals surface area contributed by atoms with Gasteiger partial charge in [0.15, 0.2) is 0 Å². The Morgan fingerprint density at radius 1 is 1.09 bits per heavy atom. The van der Waals surface area contributed by atoms with Crippen molar-refractivity contribution >= 4 is 55.6 Å². The number of esters is 2. The van der Waals surface area contributed by atoms with Crippen LogP contribution < -0.4 is 0 Å². The van der Waals surface area contributed by atoms with Crippen molar-refractivity contribution in [2.45, 2.75) is 19.8 Å². The molecule has 0 heterocycles. The van der Waals surface area contributed by atoms with Crippen molar-refractivity contribution in [1.29, 1.82) is 0 Å². The average molecular weight is 348 g/mol. The van der Waals surface area contributed by atoms with E-state index in [2.05, 4.69) is 0 Å². The maximum Gasteiger partial charge on any atom is 2.00 e. The number of carbonyl (C=O) groups excluding carboxylic acids is 2. The van der Waals surface area contributed by atoms with Gasteiger partial charge >= 0.3 is 55.6 Å². The Hall–Kier alpha value is -1.37. The number of rotatable bonds is 8. The van der Waals surface area contributed by atoms with E-state index in [9.17, 15) is 14.4 Å². The monoisotopic (exact) mass is 348 g/mol. The van der Waals surface area contributed by atoms with E-state index in [0.29, 0.717) is 12.8 Å². The zero-order valence-electron chi connectivity index (χ0n) is 15.0. The molecule has 0 fully saturated rings. The van der Waals surface area contributed by atoms with Gasteiger partial charge in [-0.2, -0.15) is 0 Å². The number of hydrogen-bond donors (Lipinski definition) is 1.